The Kier molecular flexibility index (Phi) is 7.43. The van der Waals surface area contributed by atoms with Gasteiger partial charge in [0, 0.05) is 17.8 Å². The fraction of sp³-hybridized carbons (Fsp3) is 0.0800. The highest BCUT2D eigenvalue weighted by molar-refractivity contribution is 7.89. The molecular weight excluding hydrogens is 511 g/mol. The molecule has 0 spiro atoms. The summed E-state index contributed by atoms with van der Waals surface area (Å²) in [6, 6.07) is 18.5. The van der Waals surface area contributed by atoms with Gasteiger partial charge in [-0.25, -0.2) is 17.9 Å². The van der Waals surface area contributed by atoms with Crippen molar-refractivity contribution in [2.75, 3.05) is 10.6 Å². The first-order valence-electron chi connectivity index (χ1n) is 10.6. The number of amides is 2. The molecule has 0 unspecified atom stereocenters. The number of alkyl halides is 3. The number of carbonyl (C=O) groups excluding carboxylic acids is 1. The molecule has 0 aliphatic carbocycles. The maximum atomic E-state index is 13.0. The highest BCUT2D eigenvalue weighted by Gasteiger charge is 2.30. The van der Waals surface area contributed by atoms with E-state index in [1.165, 1.54) is 35.6 Å². The Morgan fingerprint density at radius 2 is 1.67 bits per heavy atom. The molecule has 6 nitrogen and oxygen atoms in total. The smallest absolute Gasteiger partial charge is 0.308 e. The number of urea groups is 1. The molecule has 0 saturated carbocycles. The summed E-state index contributed by atoms with van der Waals surface area (Å²) in [7, 11) is -3.93. The first-order valence-corrected chi connectivity index (χ1v) is 13.0. The second-order valence-electron chi connectivity index (χ2n) is 7.69. The van der Waals surface area contributed by atoms with Crippen LogP contribution >= 0.6 is 11.3 Å². The van der Waals surface area contributed by atoms with Gasteiger partial charge in [-0.05, 0) is 58.3 Å². The highest BCUT2D eigenvalue weighted by Crippen LogP contribution is 2.33. The number of thiophene rings is 1. The molecule has 3 aromatic carbocycles. The zero-order valence-corrected chi connectivity index (χ0v) is 20.2. The van der Waals surface area contributed by atoms with Crippen molar-refractivity contribution in [1.29, 1.82) is 0 Å². The Balaban J connectivity index is 1.59. The maximum absolute atomic E-state index is 13.0. The molecule has 4 rings (SSSR count). The van der Waals surface area contributed by atoms with Crippen LogP contribution in [0.4, 0.5) is 29.3 Å². The molecule has 0 saturated heterocycles. The average Bonchev–Trinajstić information content (AvgIpc) is 3.38. The van der Waals surface area contributed by atoms with E-state index in [0.717, 1.165) is 23.3 Å². The number of rotatable bonds is 7. The topological polar surface area (TPSA) is 87.3 Å². The predicted molar refractivity (Wildman–Crippen MR) is 134 cm³/mol. The second-order valence-corrected chi connectivity index (χ2v) is 10.2. The number of anilines is 2. The average molecular weight is 532 g/mol. The fourth-order valence-electron chi connectivity index (χ4n) is 3.38. The quantitative estimate of drug-likeness (QED) is 0.253. The summed E-state index contributed by atoms with van der Waals surface area (Å²) in [5.41, 5.74) is 1.29. The normalized spacial score (nSPS) is 11.8. The van der Waals surface area contributed by atoms with Crippen molar-refractivity contribution in [1.82, 2.24) is 4.72 Å². The van der Waals surface area contributed by atoms with Gasteiger partial charge in [0.1, 0.15) is 0 Å². The molecule has 2 amide bonds. The van der Waals surface area contributed by atoms with E-state index in [1.807, 2.05) is 16.8 Å². The lowest BCUT2D eigenvalue weighted by atomic mass is 10.1. The number of hydrogen-bond donors (Lipinski definition) is 3. The second kappa shape index (κ2) is 10.5. The molecule has 1 aromatic heterocycles. The Hall–Kier alpha value is -3.67. The van der Waals surface area contributed by atoms with Crippen LogP contribution in [0, 0.1) is 0 Å². The summed E-state index contributed by atoms with van der Waals surface area (Å²) < 4.78 is 67.4. The summed E-state index contributed by atoms with van der Waals surface area (Å²) in [6.45, 7) is 0.0776. The molecule has 36 heavy (non-hydrogen) atoms. The van der Waals surface area contributed by atoms with Crippen LogP contribution in [0.1, 0.15) is 11.1 Å². The lowest BCUT2D eigenvalue weighted by molar-refractivity contribution is -0.137. The Morgan fingerprint density at radius 1 is 0.889 bits per heavy atom. The summed E-state index contributed by atoms with van der Waals surface area (Å²) in [6.07, 6.45) is -4.56. The highest BCUT2D eigenvalue weighted by atomic mass is 32.2. The van der Waals surface area contributed by atoms with Gasteiger partial charge in [-0.1, -0.05) is 42.5 Å². The number of carbonyl (C=O) groups is 1. The predicted octanol–water partition coefficient (Wildman–Crippen LogP) is 6.56. The van der Waals surface area contributed by atoms with E-state index in [2.05, 4.69) is 15.4 Å². The molecule has 3 N–H and O–H groups in total. The van der Waals surface area contributed by atoms with Gasteiger partial charge in [-0.15, -0.1) is 0 Å². The van der Waals surface area contributed by atoms with Gasteiger partial charge in [-0.2, -0.15) is 24.5 Å². The van der Waals surface area contributed by atoms with Crippen molar-refractivity contribution in [3.05, 3.63) is 101 Å². The van der Waals surface area contributed by atoms with Crippen molar-refractivity contribution in [2.45, 2.75) is 17.6 Å². The minimum Gasteiger partial charge on any atom is -0.308 e. The molecule has 0 atom stereocenters. The number of nitrogens with one attached hydrogen (secondary N) is 3. The van der Waals surface area contributed by atoms with Gasteiger partial charge in [0.05, 0.1) is 16.1 Å². The molecule has 4 aromatic rings. The van der Waals surface area contributed by atoms with Crippen LogP contribution < -0.4 is 15.4 Å². The summed E-state index contributed by atoms with van der Waals surface area (Å²) in [5.74, 6) is 0. The van der Waals surface area contributed by atoms with Crippen molar-refractivity contribution in [3.63, 3.8) is 0 Å². The molecule has 0 radical (unpaired) electrons. The number of sulfonamides is 1. The zero-order chi connectivity index (χ0) is 25.8. The SMILES string of the molecule is O=C(Nc1cccc(C(F)(F)F)c1)Nc1cc(S(=O)(=O)NCc2ccccc2)ccc1-c1ccsc1. The van der Waals surface area contributed by atoms with Crippen molar-refractivity contribution >= 4 is 38.8 Å². The van der Waals surface area contributed by atoms with E-state index < -0.39 is 27.8 Å². The molecule has 11 heteroatoms. The van der Waals surface area contributed by atoms with Crippen LogP contribution in [0.5, 0.6) is 0 Å². The van der Waals surface area contributed by atoms with Gasteiger partial charge >= 0.3 is 12.2 Å². The van der Waals surface area contributed by atoms with Crippen LogP contribution in [0.25, 0.3) is 11.1 Å². The minimum absolute atomic E-state index is 0.0623. The van der Waals surface area contributed by atoms with E-state index >= 15 is 0 Å². The zero-order valence-electron chi connectivity index (χ0n) is 18.5. The largest absolute Gasteiger partial charge is 0.416 e. The molecule has 0 bridgehead atoms. The molecule has 186 valence electrons. The summed E-state index contributed by atoms with van der Waals surface area (Å²) in [4.78, 5) is 12.6. The molecule has 1 heterocycles. The Morgan fingerprint density at radius 3 is 2.36 bits per heavy atom. The van der Waals surface area contributed by atoms with Gasteiger partial charge in [0.2, 0.25) is 10.0 Å². The van der Waals surface area contributed by atoms with Gasteiger partial charge in [-0.3, -0.25) is 0 Å². The summed E-state index contributed by atoms with van der Waals surface area (Å²) in [5, 5.41) is 8.59. The maximum Gasteiger partial charge on any atom is 0.416 e. The lowest BCUT2D eigenvalue weighted by Crippen LogP contribution is -2.24. The van der Waals surface area contributed by atoms with Gasteiger partial charge in [0.15, 0.2) is 0 Å². The first kappa shape index (κ1) is 25.4. The molecule has 0 aliphatic heterocycles. The van der Waals surface area contributed by atoms with Crippen LogP contribution in [-0.2, 0) is 22.7 Å². The molecule has 0 fully saturated rings. The van der Waals surface area contributed by atoms with Crippen LogP contribution in [-0.4, -0.2) is 14.4 Å². The number of hydrogen-bond acceptors (Lipinski definition) is 4. The van der Waals surface area contributed by atoms with Crippen molar-refractivity contribution in [2.24, 2.45) is 0 Å². The Bertz CT molecular complexity index is 1460. The Labute approximate surface area is 209 Å². The number of halogens is 3. The first-order chi connectivity index (χ1) is 17.1. The van der Waals surface area contributed by atoms with E-state index in [4.69, 9.17) is 0 Å². The number of benzene rings is 3. The molecule has 0 aliphatic rings. The monoisotopic (exact) mass is 531 g/mol. The van der Waals surface area contributed by atoms with Crippen molar-refractivity contribution in [3.8, 4) is 11.1 Å². The standard InChI is InChI=1S/C25H20F3N3O3S2/c26-25(27,28)19-7-4-8-20(13-19)30-24(32)31-23-14-21(9-10-22(23)18-11-12-35-16-18)36(33,34)29-15-17-5-2-1-3-6-17/h1-14,16,29H,15H2,(H2,30,31,32). The third-order valence-electron chi connectivity index (χ3n) is 5.14. The minimum atomic E-state index is -4.56. The third-order valence-corrected chi connectivity index (χ3v) is 7.22. The van der Waals surface area contributed by atoms with E-state index in [-0.39, 0.29) is 22.8 Å². The van der Waals surface area contributed by atoms with Gasteiger partial charge in [0.25, 0.3) is 0 Å². The fourth-order valence-corrected chi connectivity index (χ4v) is 5.08. The summed E-state index contributed by atoms with van der Waals surface area (Å²) >= 11 is 1.42. The van der Waals surface area contributed by atoms with Crippen LogP contribution in [0.15, 0.2) is 94.5 Å². The lowest BCUT2D eigenvalue weighted by Gasteiger charge is -2.15. The van der Waals surface area contributed by atoms with E-state index in [9.17, 15) is 26.4 Å². The van der Waals surface area contributed by atoms with Crippen LogP contribution in [0.3, 0.4) is 0 Å². The van der Waals surface area contributed by atoms with Crippen LogP contribution in [0.2, 0.25) is 0 Å². The van der Waals surface area contributed by atoms with Crippen molar-refractivity contribution < 1.29 is 26.4 Å². The van der Waals surface area contributed by atoms with Gasteiger partial charge < -0.3 is 10.6 Å². The molecular formula is C25H20F3N3O3S2. The third kappa shape index (κ3) is 6.30. The van der Waals surface area contributed by atoms with E-state index in [0.29, 0.717) is 5.56 Å². The van der Waals surface area contributed by atoms with E-state index in [1.54, 1.807) is 36.4 Å².